The first-order valence-corrected chi connectivity index (χ1v) is 8.38. The van der Waals surface area contributed by atoms with Gasteiger partial charge in [0.05, 0.1) is 5.25 Å². The van der Waals surface area contributed by atoms with Crippen LogP contribution >= 0.6 is 23.4 Å². The van der Waals surface area contributed by atoms with Gasteiger partial charge in [-0.2, -0.15) is 0 Å². The lowest BCUT2D eigenvalue weighted by Gasteiger charge is -2.12. The summed E-state index contributed by atoms with van der Waals surface area (Å²) in [6.07, 6.45) is 0. The molecule has 0 aromatic heterocycles. The zero-order valence-electron chi connectivity index (χ0n) is 11.9. The van der Waals surface area contributed by atoms with Crippen molar-refractivity contribution in [1.82, 2.24) is 0 Å². The normalized spacial score (nSPS) is 11.9. The van der Waals surface area contributed by atoms with Gasteiger partial charge >= 0.3 is 0 Å². The fourth-order valence-corrected chi connectivity index (χ4v) is 2.81. The fourth-order valence-electron chi connectivity index (χ4n) is 1.79. The minimum absolute atomic E-state index is 0.0311. The number of thioether (sulfide) groups is 1. The van der Waals surface area contributed by atoms with E-state index < -0.39 is 0 Å². The highest BCUT2D eigenvalue weighted by Gasteiger charge is 2.13. The number of anilines is 1. The molecule has 110 valence electrons. The molecule has 4 heteroatoms. The van der Waals surface area contributed by atoms with E-state index in [1.807, 2.05) is 49.4 Å². The summed E-state index contributed by atoms with van der Waals surface area (Å²) in [6.45, 7) is 1.93. The Balaban J connectivity index is 1.83. The van der Waals surface area contributed by atoms with Crippen LogP contribution in [0.2, 0.25) is 0 Å². The van der Waals surface area contributed by atoms with E-state index in [9.17, 15) is 4.79 Å². The van der Waals surface area contributed by atoms with Crippen molar-refractivity contribution in [3.63, 3.8) is 0 Å². The number of nitrogens with one attached hydrogen (secondary N) is 1. The van der Waals surface area contributed by atoms with E-state index in [0.717, 1.165) is 17.0 Å². The Morgan fingerprint density at radius 3 is 2.33 bits per heavy atom. The van der Waals surface area contributed by atoms with Crippen molar-refractivity contribution >= 4 is 35.0 Å². The number of halogens is 1. The second-order valence-corrected chi connectivity index (χ2v) is 6.36. The number of hydrogen-bond donors (Lipinski definition) is 1. The third kappa shape index (κ3) is 5.10. The van der Waals surface area contributed by atoms with Gasteiger partial charge in [-0.3, -0.25) is 4.79 Å². The first-order valence-electron chi connectivity index (χ1n) is 6.80. The van der Waals surface area contributed by atoms with Crippen molar-refractivity contribution in [2.45, 2.75) is 23.8 Å². The molecule has 0 fully saturated rings. The SMILES string of the molecule is CC(SCc1ccc(CCl)cc1)C(=O)Nc1ccccc1. The van der Waals surface area contributed by atoms with Crippen LogP contribution in [0.5, 0.6) is 0 Å². The number of alkyl halides is 1. The Bertz CT molecular complexity index is 571. The van der Waals surface area contributed by atoms with Gasteiger partial charge in [-0.15, -0.1) is 23.4 Å². The van der Waals surface area contributed by atoms with Crippen LogP contribution in [0.4, 0.5) is 5.69 Å². The number of rotatable bonds is 6. The minimum atomic E-state index is -0.0992. The lowest BCUT2D eigenvalue weighted by molar-refractivity contribution is -0.115. The smallest absolute Gasteiger partial charge is 0.237 e. The first kappa shape index (κ1) is 15.9. The minimum Gasteiger partial charge on any atom is -0.325 e. The zero-order valence-corrected chi connectivity index (χ0v) is 13.5. The summed E-state index contributed by atoms with van der Waals surface area (Å²) in [5.41, 5.74) is 3.15. The van der Waals surface area contributed by atoms with Gasteiger partial charge in [0.2, 0.25) is 5.91 Å². The molecule has 1 N–H and O–H groups in total. The molecule has 1 amide bonds. The van der Waals surface area contributed by atoms with Crippen LogP contribution in [-0.4, -0.2) is 11.2 Å². The van der Waals surface area contributed by atoms with Gasteiger partial charge < -0.3 is 5.32 Å². The average molecular weight is 320 g/mol. The molecule has 0 spiro atoms. The average Bonchev–Trinajstić information content (AvgIpc) is 2.54. The third-order valence-corrected chi connectivity index (χ3v) is 4.61. The third-order valence-electron chi connectivity index (χ3n) is 3.09. The summed E-state index contributed by atoms with van der Waals surface area (Å²) < 4.78 is 0. The van der Waals surface area contributed by atoms with Crippen LogP contribution in [0.1, 0.15) is 18.1 Å². The molecule has 21 heavy (non-hydrogen) atoms. The molecule has 0 aliphatic carbocycles. The van der Waals surface area contributed by atoms with Crippen LogP contribution in [0.25, 0.3) is 0 Å². The summed E-state index contributed by atoms with van der Waals surface area (Å²) in [6, 6.07) is 17.7. The molecule has 0 aliphatic rings. The predicted octanol–water partition coefficient (Wildman–Crippen LogP) is 4.69. The Hall–Kier alpha value is -1.45. The quantitative estimate of drug-likeness (QED) is 0.783. The molecule has 2 aromatic rings. The van der Waals surface area contributed by atoms with Crippen LogP contribution in [0.3, 0.4) is 0 Å². The molecule has 0 radical (unpaired) electrons. The van der Waals surface area contributed by atoms with Crippen molar-refractivity contribution in [2.24, 2.45) is 0 Å². The summed E-state index contributed by atoms with van der Waals surface area (Å²) in [4.78, 5) is 12.1. The summed E-state index contributed by atoms with van der Waals surface area (Å²) >= 11 is 7.39. The number of amides is 1. The van der Waals surface area contributed by atoms with Crippen LogP contribution in [0.15, 0.2) is 54.6 Å². The van der Waals surface area contributed by atoms with Crippen molar-refractivity contribution in [3.05, 3.63) is 65.7 Å². The molecule has 0 aliphatic heterocycles. The molecule has 1 unspecified atom stereocenters. The Morgan fingerprint density at radius 2 is 1.71 bits per heavy atom. The topological polar surface area (TPSA) is 29.1 Å². The Morgan fingerprint density at radius 1 is 1.10 bits per heavy atom. The number of benzene rings is 2. The summed E-state index contributed by atoms with van der Waals surface area (Å²) in [5.74, 6) is 1.37. The summed E-state index contributed by atoms with van der Waals surface area (Å²) in [7, 11) is 0. The van der Waals surface area contributed by atoms with Gasteiger partial charge in [0.25, 0.3) is 0 Å². The van der Waals surface area contributed by atoms with E-state index in [2.05, 4.69) is 17.4 Å². The fraction of sp³-hybridized carbons (Fsp3) is 0.235. The van der Waals surface area contributed by atoms with Gasteiger partial charge in [-0.25, -0.2) is 0 Å². The van der Waals surface area contributed by atoms with Crippen LogP contribution in [0, 0.1) is 0 Å². The highest BCUT2D eigenvalue weighted by Crippen LogP contribution is 2.20. The molecular formula is C17H18ClNOS. The zero-order chi connectivity index (χ0) is 15.1. The lowest BCUT2D eigenvalue weighted by atomic mass is 10.2. The highest BCUT2D eigenvalue weighted by molar-refractivity contribution is 7.99. The molecule has 2 nitrogen and oxygen atoms in total. The number of carbonyl (C=O) groups is 1. The van der Waals surface area contributed by atoms with Crippen LogP contribution < -0.4 is 5.32 Å². The van der Waals surface area contributed by atoms with E-state index in [1.54, 1.807) is 11.8 Å². The number of carbonyl (C=O) groups excluding carboxylic acids is 1. The van der Waals surface area contributed by atoms with E-state index in [0.29, 0.717) is 5.88 Å². The monoisotopic (exact) mass is 319 g/mol. The number of hydrogen-bond acceptors (Lipinski definition) is 2. The predicted molar refractivity (Wildman–Crippen MR) is 91.8 cm³/mol. The molecule has 2 aromatic carbocycles. The molecule has 0 saturated carbocycles. The maximum atomic E-state index is 12.1. The molecule has 1 atom stereocenters. The van der Waals surface area contributed by atoms with Crippen LogP contribution in [-0.2, 0) is 16.4 Å². The van der Waals surface area contributed by atoms with E-state index in [4.69, 9.17) is 11.6 Å². The molecular weight excluding hydrogens is 302 g/mol. The van der Waals surface area contributed by atoms with Crippen molar-refractivity contribution in [2.75, 3.05) is 5.32 Å². The molecule has 0 bridgehead atoms. The van der Waals surface area contributed by atoms with Crippen molar-refractivity contribution in [1.29, 1.82) is 0 Å². The maximum Gasteiger partial charge on any atom is 0.237 e. The highest BCUT2D eigenvalue weighted by atomic mass is 35.5. The van der Waals surface area contributed by atoms with Gasteiger partial charge in [-0.1, -0.05) is 42.5 Å². The van der Waals surface area contributed by atoms with Gasteiger partial charge in [0, 0.05) is 17.3 Å². The maximum absolute atomic E-state index is 12.1. The second kappa shape index (κ2) is 8.11. The lowest BCUT2D eigenvalue weighted by Crippen LogP contribution is -2.22. The Labute approximate surface area is 134 Å². The van der Waals surface area contributed by atoms with E-state index in [-0.39, 0.29) is 11.2 Å². The molecule has 2 rings (SSSR count). The largest absolute Gasteiger partial charge is 0.325 e. The number of para-hydroxylation sites is 1. The van der Waals surface area contributed by atoms with Gasteiger partial charge in [0.1, 0.15) is 0 Å². The van der Waals surface area contributed by atoms with Crippen molar-refractivity contribution in [3.8, 4) is 0 Å². The Kier molecular flexibility index (Phi) is 6.15. The standard InChI is InChI=1S/C17H18ClNOS/c1-13(17(20)19-16-5-3-2-4-6-16)21-12-15-9-7-14(11-18)8-10-15/h2-10,13H,11-12H2,1H3,(H,19,20). The van der Waals surface area contributed by atoms with Gasteiger partial charge in [-0.05, 0) is 30.2 Å². The second-order valence-electron chi connectivity index (χ2n) is 4.76. The van der Waals surface area contributed by atoms with Gasteiger partial charge in [0.15, 0.2) is 0 Å². The van der Waals surface area contributed by atoms with Crippen molar-refractivity contribution < 1.29 is 4.79 Å². The molecule has 0 saturated heterocycles. The molecule has 0 heterocycles. The first-order chi connectivity index (χ1) is 10.2. The van der Waals surface area contributed by atoms with E-state index >= 15 is 0 Å². The van der Waals surface area contributed by atoms with E-state index in [1.165, 1.54) is 5.56 Å². The summed E-state index contributed by atoms with van der Waals surface area (Å²) in [5, 5.41) is 2.82.